The van der Waals surface area contributed by atoms with E-state index in [0.29, 0.717) is 31.1 Å². The van der Waals surface area contributed by atoms with Crippen molar-refractivity contribution in [2.75, 3.05) is 19.6 Å². The molecule has 2 rings (SSSR count). The van der Waals surface area contributed by atoms with Crippen LogP contribution in [0, 0.1) is 12.8 Å². The van der Waals surface area contributed by atoms with Crippen LogP contribution in [0.4, 0.5) is 0 Å². The molecule has 0 unspecified atom stereocenters. The first-order valence-electron chi connectivity index (χ1n) is 10.8. The van der Waals surface area contributed by atoms with E-state index in [1.54, 1.807) is 22.5 Å². The molecule has 1 heterocycles. The molecular weight excluding hydrogens is 372 g/mol. The fourth-order valence-corrected chi connectivity index (χ4v) is 5.26. The minimum atomic E-state index is -3.55. The number of aryl methyl sites for hydroxylation is 1. The van der Waals surface area contributed by atoms with Crippen molar-refractivity contribution in [3.8, 4) is 0 Å². The summed E-state index contributed by atoms with van der Waals surface area (Å²) in [6.07, 6.45) is 8.40. The van der Waals surface area contributed by atoms with E-state index >= 15 is 0 Å². The average Bonchev–Trinajstić information content (AvgIpc) is 2.98. The zero-order chi connectivity index (χ0) is 20.6. The number of benzene rings is 1. The highest BCUT2D eigenvalue weighted by Crippen LogP contribution is 2.23. The Labute approximate surface area is 170 Å². The molecule has 1 aromatic carbocycles. The molecule has 0 aliphatic carbocycles. The van der Waals surface area contributed by atoms with Crippen molar-refractivity contribution in [1.29, 1.82) is 0 Å². The molecule has 0 saturated carbocycles. The van der Waals surface area contributed by atoms with Gasteiger partial charge in [0, 0.05) is 25.2 Å². The third kappa shape index (κ3) is 6.05. The van der Waals surface area contributed by atoms with Gasteiger partial charge >= 0.3 is 0 Å². The van der Waals surface area contributed by atoms with Gasteiger partial charge in [0.1, 0.15) is 0 Å². The van der Waals surface area contributed by atoms with E-state index in [1.165, 1.54) is 0 Å². The largest absolute Gasteiger partial charge is 0.352 e. The van der Waals surface area contributed by atoms with Gasteiger partial charge in [-0.3, -0.25) is 4.79 Å². The molecule has 1 saturated heterocycles. The molecule has 1 N–H and O–H groups in total. The third-order valence-electron chi connectivity index (χ3n) is 5.75. The van der Waals surface area contributed by atoms with Crippen LogP contribution in [-0.2, 0) is 10.0 Å². The Morgan fingerprint density at radius 2 is 1.82 bits per heavy atom. The number of sulfonamides is 1. The second kappa shape index (κ2) is 11.0. The predicted octanol–water partition coefficient (Wildman–Crippen LogP) is 4.51. The third-order valence-corrected chi connectivity index (χ3v) is 7.65. The van der Waals surface area contributed by atoms with E-state index in [-0.39, 0.29) is 10.8 Å². The maximum absolute atomic E-state index is 13.1. The quantitative estimate of drug-likeness (QED) is 0.654. The Morgan fingerprint density at radius 1 is 1.14 bits per heavy atom. The van der Waals surface area contributed by atoms with Crippen LogP contribution in [0.15, 0.2) is 23.1 Å². The Hall–Kier alpha value is -1.40. The van der Waals surface area contributed by atoms with Gasteiger partial charge in [0.25, 0.3) is 5.91 Å². The Morgan fingerprint density at radius 3 is 2.43 bits per heavy atom. The van der Waals surface area contributed by atoms with Gasteiger partial charge in [-0.25, -0.2) is 8.42 Å². The maximum Gasteiger partial charge on any atom is 0.251 e. The molecule has 0 radical (unpaired) electrons. The van der Waals surface area contributed by atoms with E-state index < -0.39 is 10.0 Å². The molecule has 0 bridgehead atoms. The van der Waals surface area contributed by atoms with Crippen LogP contribution in [0.5, 0.6) is 0 Å². The lowest BCUT2D eigenvalue weighted by Gasteiger charge is -2.21. The monoisotopic (exact) mass is 408 g/mol. The standard InChI is InChI=1S/C22H36N2O3S/c1-4-6-11-19(5-2)17-23-22(25)21-16-20(13-12-18(21)3)28(26,27)24-14-9-7-8-10-15-24/h12-13,16,19H,4-11,14-15,17H2,1-3H3,(H,23,25)/t19-/m1/s1. The molecule has 0 spiro atoms. The number of nitrogens with zero attached hydrogens (tertiary/aromatic N) is 1. The summed E-state index contributed by atoms with van der Waals surface area (Å²) in [5, 5.41) is 3.02. The molecule has 1 aliphatic heterocycles. The van der Waals surface area contributed by atoms with E-state index in [0.717, 1.165) is 56.9 Å². The van der Waals surface area contributed by atoms with Gasteiger partial charge in [-0.2, -0.15) is 4.31 Å². The van der Waals surface area contributed by atoms with Crippen molar-refractivity contribution in [1.82, 2.24) is 9.62 Å². The van der Waals surface area contributed by atoms with Crippen molar-refractivity contribution in [3.05, 3.63) is 29.3 Å². The van der Waals surface area contributed by atoms with Gasteiger partial charge in [0.15, 0.2) is 0 Å². The van der Waals surface area contributed by atoms with Crippen LogP contribution in [0.1, 0.15) is 81.1 Å². The molecule has 6 heteroatoms. The lowest BCUT2D eigenvalue weighted by molar-refractivity contribution is 0.0945. The van der Waals surface area contributed by atoms with E-state index in [9.17, 15) is 13.2 Å². The van der Waals surface area contributed by atoms with Crippen molar-refractivity contribution in [2.45, 2.75) is 77.0 Å². The lowest BCUT2D eigenvalue weighted by atomic mass is 9.99. The summed E-state index contributed by atoms with van der Waals surface area (Å²) in [4.78, 5) is 13.0. The second-order valence-corrected chi connectivity index (χ2v) is 9.86. The first kappa shape index (κ1) is 22.9. The van der Waals surface area contributed by atoms with Gasteiger partial charge in [-0.1, -0.05) is 52.0 Å². The van der Waals surface area contributed by atoms with Gasteiger partial charge in [-0.15, -0.1) is 0 Å². The number of amides is 1. The Bertz CT molecular complexity index is 738. The van der Waals surface area contributed by atoms with E-state index in [4.69, 9.17) is 0 Å². The summed E-state index contributed by atoms with van der Waals surface area (Å²) in [6.45, 7) is 7.93. The number of unbranched alkanes of at least 4 members (excludes halogenated alkanes) is 1. The van der Waals surface area contributed by atoms with Crippen molar-refractivity contribution >= 4 is 15.9 Å². The number of rotatable bonds is 9. The average molecular weight is 409 g/mol. The Balaban J connectivity index is 2.14. The molecule has 1 fully saturated rings. The molecule has 1 aromatic rings. The highest BCUT2D eigenvalue weighted by molar-refractivity contribution is 7.89. The summed E-state index contributed by atoms with van der Waals surface area (Å²) in [5.41, 5.74) is 1.26. The van der Waals surface area contributed by atoms with Crippen LogP contribution in [-0.4, -0.2) is 38.3 Å². The van der Waals surface area contributed by atoms with Crippen molar-refractivity contribution in [3.63, 3.8) is 0 Å². The SMILES string of the molecule is CCCC[C@@H](CC)CNC(=O)c1cc(S(=O)(=O)N2CCCCCC2)ccc1C. The predicted molar refractivity (Wildman–Crippen MR) is 114 cm³/mol. The highest BCUT2D eigenvalue weighted by Gasteiger charge is 2.26. The van der Waals surface area contributed by atoms with Crippen molar-refractivity contribution < 1.29 is 13.2 Å². The first-order chi connectivity index (χ1) is 13.4. The van der Waals surface area contributed by atoms with Gasteiger partial charge in [0.05, 0.1) is 4.90 Å². The summed E-state index contributed by atoms with van der Waals surface area (Å²) >= 11 is 0. The number of carbonyl (C=O) groups is 1. The van der Waals surface area contributed by atoms with Crippen LogP contribution in [0.3, 0.4) is 0 Å². The molecule has 5 nitrogen and oxygen atoms in total. The lowest BCUT2D eigenvalue weighted by Crippen LogP contribution is -2.33. The second-order valence-electron chi connectivity index (χ2n) is 7.92. The van der Waals surface area contributed by atoms with Crippen LogP contribution < -0.4 is 5.32 Å². The topological polar surface area (TPSA) is 66.5 Å². The van der Waals surface area contributed by atoms with Gasteiger partial charge in [0.2, 0.25) is 10.0 Å². The summed E-state index contributed by atoms with van der Waals surface area (Å²) in [6, 6.07) is 4.92. The summed E-state index contributed by atoms with van der Waals surface area (Å²) < 4.78 is 27.7. The van der Waals surface area contributed by atoms with Gasteiger partial charge in [-0.05, 0) is 49.8 Å². The first-order valence-corrected chi connectivity index (χ1v) is 12.2. The fourth-order valence-electron chi connectivity index (χ4n) is 3.71. The number of nitrogens with one attached hydrogen (secondary N) is 1. The fraction of sp³-hybridized carbons (Fsp3) is 0.682. The molecule has 1 amide bonds. The molecule has 28 heavy (non-hydrogen) atoms. The van der Waals surface area contributed by atoms with Gasteiger partial charge < -0.3 is 5.32 Å². The van der Waals surface area contributed by atoms with E-state index in [1.807, 2.05) is 6.92 Å². The summed E-state index contributed by atoms with van der Waals surface area (Å²) in [5.74, 6) is 0.286. The smallest absolute Gasteiger partial charge is 0.251 e. The number of hydrogen-bond acceptors (Lipinski definition) is 3. The number of carbonyl (C=O) groups excluding carboxylic acids is 1. The molecule has 158 valence electrons. The van der Waals surface area contributed by atoms with Crippen LogP contribution in [0.2, 0.25) is 0 Å². The minimum absolute atomic E-state index is 0.180. The highest BCUT2D eigenvalue weighted by atomic mass is 32.2. The minimum Gasteiger partial charge on any atom is -0.352 e. The normalized spacial score (nSPS) is 17.1. The Kier molecular flexibility index (Phi) is 8.96. The molecule has 0 aromatic heterocycles. The maximum atomic E-state index is 13.1. The molecule has 1 atom stereocenters. The van der Waals surface area contributed by atoms with E-state index in [2.05, 4.69) is 19.2 Å². The zero-order valence-electron chi connectivity index (χ0n) is 17.7. The number of hydrogen-bond donors (Lipinski definition) is 1. The zero-order valence-corrected chi connectivity index (χ0v) is 18.5. The van der Waals surface area contributed by atoms with Crippen LogP contribution in [0.25, 0.3) is 0 Å². The summed E-state index contributed by atoms with van der Waals surface area (Å²) in [7, 11) is -3.55. The van der Waals surface area contributed by atoms with Crippen LogP contribution >= 0.6 is 0 Å². The van der Waals surface area contributed by atoms with Crippen molar-refractivity contribution in [2.24, 2.45) is 5.92 Å². The molecular formula is C22H36N2O3S. The molecule has 1 aliphatic rings.